The lowest BCUT2D eigenvalue weighted by molar-refractivity contribution is -0.119. The average molecular weight is 450 g/mol. The van der Waals surface area contributed by atoms with Crippen LogP contribution in [0.1, 0.15) is 40.0 Å². The van der Waals surface area contributed by atoms with Crippen LogP contribution in [0.5, 0.6) is 0 Å². The third-order valence-corrected chi connectivity index (χ3v) is 5.69. The summed E-state index contributed by atoms with van der Waals surface area (Å²) in [4.78, 5) is 28.5. The Hall–Kier alpha value is -3.72. The molecule has 3 aromatic heterocycles. The van der Waals surface area contributed by atoms with E-state index in [4.69, 9.17) is 4.42 Å². The van der Waals surface area contributed by atoms with Gasteiger partial charge in [0.15, 0.2) is 10.9 Å². The quantitative estimate of drug-likeness (QED) is 0.441. The number of furan rings is 1. The zero-order chi connectivity index (χ0) is 22.7. The van der Waals surface area contributed by atoms with Crippen molar-refractivity contribution in [3.8, 4) is 11.5 Å². The molecule has 3 heterocycles. The Bertz CT molecular complexity index is 1260. The van der Waals surface area contributed by atoms with Crippen molar-refractivity contribution in [3.63, 3.8) is 0 Å². The van der Waals surface area contributed by atoms with Gasteiger partial charge in [-0.2, -0.15) is 5.10 Å². The molecule has 2 amide bonds. The summed E-state index contributed by atoms with van der Waals surface area (Å²) in [6.45, 7) is 6.09. The van der Waals surface area contributed by atoms with Crippen LogP contribution in [0.3, 0.4) is 0 Å². The first-order valence-corrected chi connectivity index (χ1v) is 11.0. The van der Waals surface area contributed by atoms with E-state index in [1.807, 2.05) is 54.2 Å². The van der Waals surface area contributed by atoms with E-state index >= 15 is 0 Å². The minimum atomic E-state index is -0.244. The summed E-state index contributed by atoms with van der Waals surface area (Å²) in [6, 6.07) is 13.6. The van der Waals surface area contributed by atoms with Crippen LogP contribution in [0, 0.1) is 13.8 Å². The Kier molecular flexibility index (Phi) is 6.18. The molecule has 0 saturated heterocycles. The van der Waals surface area contributed by atoms with Gasteiger partial charge in [-0.3, -0.25) is 19.6 Å². The number of hydrogen-bond acceptors (Lipinski definition) is 6. The van der Waals surface area contributed by atoms with E-state index in [0.29, 0.717) is 46.7 Å². The molecule has 4 aromatic rings. The Labute approximate surface area is 189 Å². The fourth-order valence-corrected chi connectivity index (χ4v) is 4.06. The third kappa shape index (κ3) is 4.78. The second kappa shape index (κ2) is 9.19. The molecule has 1 aromatic carbocycles. The monoisotopic (exact) mass is 449 g/mol. The number of aryl methyl sites for hydroxylation is 1. The maximum absolute atomic E-state index is 13.0. The van der Waals surface area contributed by atoms with Crippen molar-refractivity contribution in [1.82, 2.24) is 20.1 Å². The summed E-state index contributed by atoms with van der Waals surface area (Å²) in [7, 11) is 0. The van der Waals surface area contributed by atoms with Crippen LogP contribution in [0.25, 0.3) is 11.5 Å². The highest BCUT2D eigenvalue weighted by Crippen LogP contribution is 2.27. The number of nitrogens with zero attached hydrogens (tertiary/aromatic N) is 3. The second-order valence-electron chi connectivity index (χ2n) is 7.36. The Morgan fingerprint density at radius 1 is 1.12 bits per heavy atom. The van der Waals surface area contributed by atoms with Gasteiger partial charge in [-0.15, -0.1) is 11.3 Å². The normalized spacial score (nSPS) is 10.8. The smallest absolute Gasteiger partial charge is 0.261 e. The molecule has 32 heavy (non-hydrogen) atoms. The van der Waals surface area contributed by atoms with Crippen molar-refractivity contribution in [2.75, 3.05) is 5.32 Å². The molecule has 0 aliphatic rings. The molecule has 0 aliphatic carbocycles. The van der Waals surface area contributed by atoms with Gasteiger partial charge in [0, 0.05) is 18.0 Å². The number of amides is 2. The lowest BCUT2D eigenvalue weighted by Gasteiger charge is -2.06. The van der Waals surface area contributed by atoms with Gasteiger partial charge in [-0.25, -0.2) is 4.98 Å². The van der Waals surface area contributed by atoms with Crippen molar-refractivity contribution in [2.45, 2.75) is 33.9 Å². The van der Waals surface area contributed by atoms with Crippen LogP contribution in [-0.2, 0) is 17.9 Å². The van der Waals surface area contributed by atoms with Gasteiger partial charge in [0.25, 0.3) is 5.91 Å². The number of carbonyl (C=O) groups excluding carboxylic acids is 2. The number of aromatic nitrogens is 3. The maximum atomic E-state index is 13.0. The Morgan fingerprint density at radius 2 is 1.91 bits per heavy atom. The Morgan fingerprint density at radius 3 is 2.66 bits per heavy atom. The lowest BCUT2D eigenvalue weighted by atomic mass is 10.2. The number of rotatable bonds is 7. The zero-order valence-corrected chi connectivity index (χ0v) is 18.8. The summed E-state index contributed by atoms with van der Waals surface area (Å²) in [6.07, 6.45) is 0. The van der Waals surface area contributed by atoms with Gasteiger partial charge in [0.1, 0.15) is 11.5 Å². The average Bonchev–Trinajstić information content (AvgIpc) is 3.47. The van der Waals surface area contributed by atoms with E-state index in [-0.39, 0.29) is 11.8 Å². The fourth-order valence-electron chi connectivity index (χ4n) is 3.36. The molecule has 8 nitrogen and oxygen atoms in total. The van der Waals surface area contributed by atoms with Crippen LogP contribution in [0.2, 0.25) is 0 Å². The third-order valence-electron chi connectivity index (χ3n) is 4.93. The highest BCUT2D eigenvalue weighted by atomic mass is 32.1. The highest BCUT2D eigenvalue weighted by Gasteiger charge is 2.20. The van der Waals surface area contributed by atoms with E-state index in [1.165, 1.54) is 18.3 Å². The Balaban J connectivity index is 1.46. The van der Waals surface area contributed by atoms with Gasteiger partial charge in [-0.05, 0) is 31.5 Å². The molecule has 164 valence electrons. The van der Waals surface area contributed by atoms with Gasteiger partial charge in [0.2, 0.25) is 5.91 Å². The fraction of sp³-hybridized carbons (Fsp3) is 0.217. The number of anilines is 1. The number of benzene rings is 1. The van der Waals surface area contributed by atoms with Crippen molar-refractivity contribution in [3.05, 3.63) is 76.1 Å². The molecular weight excluding hydrogens is 426 g/mol. The van der Waals surface area contributed by atoms with E-state index in [9.17, 15) is 9.59 Å². The summed E-state index contributed by atoms with van der Waals surface area (Å²) in [5.74, 6) is 0.835. The largest absolute Gasteiger partial charge is 0.458 e. The van der Waals surface area contributed by atoms with Crippen LogP contribution in [-0.4, -0.2) is 26.6 Å². The number of hydrogen-bond donors (Lipinski definition) is 2. The summed E-state index contributed by atoms with van der Waals surface area (Å²) in [5.41, 5.74) is 3.75. The summed E-state index contributed by atoms with van der Waals surface area (Å²) >= 11 is 1.32. The molecule has 0 saturated carbocycles. The second-order valence-corrected chi connectivity index (χ2v) is 8.21. The number of thiazole rings is 1. The molecule has 0 radical (unpaired) electrons. The highest BCUT2D eigenvalue weighted by molar-refractivity contribution is 7.14. The molecule has 0 atom stereocenters. The predicted octanol–water partition coefficient (Wildman–Crippen LogP) is 4.15. The summed E-state index contributed by atoms with van der Waals surface area (Å²) < 4.78 is 7.56. The van der Waals surface area contributed by atoms with Crippen molar-refractivity contribution < 1.29 is 14.0 Å². The topological polar surface area (TPSA) is 102 Å². The van der Waals surface area contributed by atoms with Crippen LogP contribution in [0.4, 0.5) is 5.13 Å². The molecule has 4 rings (SSSR count). The standard InChI is InChI=1S/C23H23N5O3S/c1-14-21(15(2)28(27-14)12-17-7-5-4-6-8-17)22(30)26-23-25-19(13-32-23)20-10-9-18(31-20)11-24-16(3)29/h4-10,13H,11-12H2,1-3H3,(H,24,29)(H,25,26,30). The first kappa shape index (κ1) is 21.5. The van der Waals surface area contributed by atoms with Gasteiger partial charge in [-0.1, -0.05) is 30.3 Å². The van der Waals surface area contributed by atoms with Crippen molar-refractivity contribution >= 4 is 28.3 Å². The minimum Gasteiger partial charge on any atom is -0.458 e. The lowest BCUT2D eigenvalue weighted by Crippen LogP contribution is -2.18. The van der Waals surface area contributed by atoms with Gasteiger partial charge >= 0.3 is 0 Å². The number of nitrogens with one attached hydrogen (secondary N) is 2. The molecule has 9 heteroatoms. The number of carbonyl (C=O) groups is 2. The first-order valence-electron chi connectivity index (χ1n) is 10.1. The molecule has 0 fully saturated rings. The van der Waals surface area contributed by atoms with Gasteiger partial charge in [0.05, 0.1) is 24.3 Å². The first-order chi connectivity index (χ1) is 15.4. The molecule has 0 unspecified atom stereocenters. The SMILES string of the molecule is CC(=O)NCc1ccc(-c2csc(NC(=O)c3c(C)nn(Cc4ccccc4)c3C)n2)o1. The predicted molar refractivity (Wildman–Crippen MR) is 123 cm³/mol. The van der Waals surface area contributed by atoms with E-state index < -0.39 is 0 Å². The van der Waals surface area contributed by atoms with Crippen molar-refractivity contribution in [1.29, 1.82) is 0 Å². The van der Waals surface area contributed by atoms with Crippen LogP contribution < -0.4 is 10.6 Å². The zero-order valence-electron chi connectivity index (χ0n) is 18.0. The van der Waals surface area contributed by atoms with E-state index in [2.05, 4.69) is 20.7 Å². The van der Waals surface area contributed by atoms with Crippen LogP contribution >= 0.6 is 11.3 Å². The molecular formula is C23H23N5O3S. The van der Waals surface area contributed by atoms with E-state index in [1.54, 1.807) is 12.1 Å². The molecule has 2 N–H and O–H groups in total. The van der Waals surface area contributed by atoms with Crippen LogP contribution in [0.15, 0.2) is 52.3 Å². The minimum absolute atomic E-state index is 0.126. The maximum Gasteiger partial charge on any atom is 0.261 e. The van der Waals surface area contributed by atoms with Crippen molar-refractivity contribution in [2.24, 2.45) is 0 Å². The van der Waals surface area contributed by atoms with Gasteiger partial charge < -0.3 is 9.73 Å². The molecule has 0 spiro atoms. The van der Waals surface area contributed by atoms with E-state index in [0.717, 1.165) is 11.3 Å². The molecule has 0 bridgehead atoms. The molecule has 0 aliphatic heterocycles. The summed E-state index contributed by atoms with van der Waals surface area (Å²) in [5, 5.41) is 12.4.